The quantitative estimate of drug-likeness (QED) is 0.0646. The molecule has 1 aliphatic rings. The molecular weight excluding hydrogens is 570 g/mol. The summed E-state index contributed by atoms with van der Waals surface area (Å²) in [5, 5.41) is 1.06. The highest BCUT2D eigenvalue weighted by molar-refractivity contribution is 7.97. The SMILES string of the molecule is C=CCCC(C)SNOc1ccc(CCC(CN(C)CC2CCC2C(C)/C=C/CCC)c2ccc(Cl)nc2CCC)cc1. The van der Waals surface area contributed by atoms with Crippen molar-refractivity contribution in [1.29, 1.82) is 0 Å². The largest absolute Gasteiger partial charge is 0.398 e. The molecule has 43 heavy (non-hydrogen) atoms. The minimum Gasteiger partial charge on any atom is -0.398 e. The van der Waals surface area contributed by atoms with E-state index in [0.29, 0.717) is 22.2 Å². The van der Waals surface area contributed by atoms with Crippen LogP contribution in [-0.4, -0.2) is 35.3 Å². The van der Waals surface area contributed by atoms with E-state index in [2.05, 4.69) is 93.6 Å². The first kappa shape index (κ1) is 35.7. The number of hydrogen-bond acceptors (Lipinski definition) is 5. The molecular formula is C37H56ClN3OS. The van der Waals surface area contributed by atoms with Crippen molar-refractivity contribution in [3.63, 3.8) is 0 Å². The lowest BCUT2D eigenvalue weighted by atomic mass is 9.67. The summed E-state index contributed by atoms with van der Waals surface area (Å²) in [6, 6.07) is 12.7. The van der Waals surface area contributed by atoms with Gasteiger partial charge in [0.2, 0.25) is 0 Å². The van der Waals surface area contributed by atoms with Crippen molar-refractivity contribution < 1.29 is 4.84 Å². The second kappa shape index (κ2) is 19.6. The molecule has 0 bridgehead atoms. The summed E-state index contributed by atoms with van der Waals surface area (Å²) in [7, 11) is 2.32. The van der Waals surface area contributed by atoms with Gasteiger partial charge in [0.1, 0.15) is 10.9 Å². The predicted octanol–water partition coefficient (Wildman–Crippen LogP) is 10.2. The Morgan fingerprint density at radius 1 is 1.07 bits per heavy atom. The van der Waals surface area contributed by atoms with Crippen LogP contribution < -0.4 is 9.72 Å². The molecule has 1 fully saturated rings. The highest BCUT2D eigenvalue weighted by Crippen LogP contribution is 2.41. The molecule has 0 amide bonds. The lowest BCUT2D eigenvalue weighted by Gasteiger charge is -2.42. The number of aryl methyl sites for hydroxylation is 2. The topological polar surface area (TPSA) is 37.4 Å². The van der Waals surface area contributed by atoms with Crippen molar-refractivity contribution in [3.05, 3.63) is 83.2 Å². The van der Waals surface area contributed by atoms with Gasteiger partial charge in [-0.05, 0) is 123 Å². The maximum Gasteiger partial charge on any atom is 0.148 e. The number of allylic oxidation sites excluding steroid dienone is 3. The fourth-order valence-electron chi connectivity index (χ4n) is 6.26. The molecule has 0 spiro atoms. The van der Waals surface area contributed by atoms with Gasteiger partial charge in [0.05, 0.1) is 0 Å². The fourth-order valence-corrected chi connectivity index (χ4v) is 6.98. The lowest BCUT2D eigenvalue weighted by molar-refractivity contribution is 0.0917. The van der Waals surface area contributed by atoms with E-state index in [1.165, 1.54) is 49.0 Å². The summed E-state index contributed by atoms with van der Waals surface area (Å²) >= 11 is 7.97. The van der Waals surface area contributed by atoms with Crippen LogP contribution in [-0.2, 0) is 12.8 Å². The third kappa shape index (κ3) is 12.3. The molecule has 1 heterocycles. The van der Waals surface area contributed by atoms with Crippen molar-refractivity contribution in [3.8, 4) is 5.75 Å². The number of benzene rings is 1. The van der Waals surface area contributed by atoms with E-state index in [1.54, 1.807) is 11.9 Å². The third-order valence-electron chi connectivity index (χ3n) is 8.92. The normalized spacial score (nSPS) is 18.9. The molecule has 3 rings (SSSR count). The van der Waals surface area contributed by atoms with Crippen molar-refractivity contribution in [1.82, 2.24) is 14.8 Å². The van der Waals surface area contributed by atoms with Crippen LogP contribution in [0.15, 0.2) is 61.2 Å². The Morgan fingerprint density at radius 3 is 2.53 bits per heavy atom. The van der Waals surface area contributed by atoms with Crippen molar-refractivity contribution in [2.24, 2.45) is 17.8 Å². The number of unbranched alkanes of at least 4 members (excludes halogenated alkanes) is 1. The number of nitrogens with one attached hydrogen (secondary N) is 1. The zero-order valence-electron chi connectivity index (χ0n) is 27.4. The van der Waals surface area contributed by atoms with Crippen LogP contribution in [0.3, 0.4) is 0 Å². The van der Waals surface area contributed by atoms with Gasteiger partial charge in [0, 0.05) is 24.0 Å². The maximum atomic E-state index is 6.36. The van der Waals surface area contributed by atoms with Crippen molar-refractivity contribution >= 4 is 23.5 Å². The molecule has 0 saturated heterocycles. The molecule has 1 aromatic carbocycles. The molecule has 4 nitrogen and oxygen atoms in total. The van der Waals surface area contributed by atoms with Gasteiger partial charge in [0.15, 0.2) is 0 Å². The summed E-state index contributed by atoms with van der Waals surface area (Å²) in [6.07, 6.45) is 18.2. The second-order valence-electron chi connectivity index (χ2n) is 12.6. The minimum absolute atomic E-state index is 0.405. The number of likely N-dealkylation sites (N-methyl/N-ethyl adjacent to an activating group) is 1. The van der Waals surface area contributed by atoms with Gasteiger partial charge >= 0.3 is 0 Å². The van der Waals surface area contributed by atoms with E-state index < -0.39 is 0 Å². The Labute approximate surface area is 272 Å². The Balaban J connectivity index is 1.62. The molecule has 1 aromatic heterocycles. The molecule has 1 N–H and O–H groups in total. The van der Waals surface area contributed by atoms with Crippen LogP contribution in [0.25, 0.3) is 0 Å². The van der Waals surface area contributed by atoms with Crippen LogP contribution >= 0.6 is 23.5 Å². The van der Waals surface area contributed by atoms with Crippen LogP contribution in [0.2, 0.25) is 5.15 Å². The van der Waals surface area contributed by atoms with Crippen LogP contribution in [0.5, 0.6) is 5.75 Å². The van der Waals surface area contributed by atoms with Crippen LogP contribution in [0.1, 0.15) is 102 Å². The van der Waals surface area contributed by atoms with E-state index in [-0.39, 0.29) is 0 Å². The summed E-state index contributed by atoms with van der Waals surface area (Å²) in [5.74, 6) is 3.51. The number of halogens is 1. The van der Waals surface area contributed by atoms with Crippen molar-refractivity contribution in [2.45, 2.75) is 103 Å². The third-order valence-corrected chi connectivity index (χ3v) is 9.95. The Bertz CT molecular complexity index is 1110. The zero-order valence-corrected chi connectivity index (χ0v) is 28.9. The maximum absolute atomic E-state index is 6.36. The molecule has 1 aliphatic carbocycles. The first-order valence-electron chi connectivity index (χ1n) is 16.6. The lowest BCUT2D eigenvalue weighted by Crippen LogP contribution is -2.40. The number of pyridine rings is 1. The number of hydrogen-bond donors (Lipinski definition) is 1. The molecule has 1 saturated carbocycles. The summed E-state index contributed by atoms with van der Waals surface area (Å²) in [5.41, 5.74) is 3.86. The highest BCUT2D eigenvalue weighted by Gasteiger charge is 2.34. The molecule has 5 atom stereocenters. The first-order valence-corrected chi connectivity index (χ1v) is 17.9. The van der Waals surface area contributed by atoms with Gasteiger partial charge in [-0.25, -0.2) is 4.98 Å². The number of nitrogens with zero attached hydrogens (tertiary/aromatic N) is 2. The van der Waals surface area contributed by atoms with Gasteiger partial charge in [-0.2, -0.15) is 0 Å². The predicted molar refractivity (Wildman–Crippen MR) is 188 cm³/mol. The second-order valence-corrected chi connectivity index (χ2v) is 14.2. The van der Waals surface area contributed by atoms with E-state index in [4.69, 9.17) is 21.4 Å². The Kier molecular flexibility index (Phi) is 16.2. The van der Waals surface area contributed by atoms with Crippen LogP contribution in [0, 0.1) is 17.8 Å². The van der Waals surface area contributed by atoms with E-state index in [9.17, 15) is 0 Å². The summed E-state index contributed by atoms with van der Waals surface area (Å²) in [6.45, 7) is 15.1. The standard InChI is InChI=1S/C37H56ClN3OS/c1-7-10-12-14-28(4)34-23-20-31(34)26-41(6)27-32(35-24-25-37(38)39-36(35)13-9-3)19-16-30-17-21-33(22-18-30)42-40-43-29(5)15-11-8-2/h8,12,14,17-18,21-22,24-25,28-29,31-32,34,40H,2,7,9-11,13,15-16,19-20,23,26-27H2,1,3-6H3/b14-12+. The van der Waals surface area contributed by atoms with E-state index in [1.807, 2.05) is 12.1 Å². The van der Waals surface area contributed by atoms with Gasteiger partial charge < -0.3 is 9.74 Å². The molecule has 0 aliphatic heterocycles. The van der Waals surface area contributed by atoms with Gasteiger partial charge in [0.25, 0.3) is 0 Å². The monoisotopic (exact) mass is 625 g/mol. The van der Waals surface area contributed by atoms with Gasteiger partial charge in [-0.3, -0.25) is 0 Å². The Morgan fingerprint density at radius 2 is 1.86 bits per heavy atom. The average Bonchev–Trinajstić information content (AvgIpc) is 2.97. The fraction of sp³-hybridized carbons (Fsp3) is 0.595. The molecule has 0 radical (unpaired) electrons. The van der Waals surface area contributed by atoms with Crippen LogP contribution in [0.4, 0.5) is 0 Å². The highest BCUT2D eigenvalue weighted by atomic mass is 35.5. The molecule has 6 heteroatoms. The molecule has 5 unspecified atom stereocenters. The zero-order chi connectivity index (χ0) is 31.0. The van der Waals surface area contributed by atoms with Gasteiger partial charge in [-0.15, -0.1) is 6.58 Å². The summed E-state index contributed by atoms with van der Waals surface area (Å²) < 4.78 is 0. The molecule has 238 valence electrons. The summed E-state index contributed by atoms with van der Waals surface area (Å²) in [4.78, 5) is 16.2. The van der Waals surface area contributed by atoms with E-state index in [0.717, 1.165) is 62.7 Å². The Hall–Kier alpha value is -1.79. The first-order chi connectivity index (χ1) is 20.8. The smallest absolute Gasteiger partial charge is 0.148 e. The van der Waals surface area contributed by atoms with Gasteiger partial charge in [-0.1, -0.05) is 93.5 Å². The number of aromatic nitrogens is 1. The number of rotatable bonds is 21. The van der Waals surface area contributed by atoms with Crippen molar-refractivity contribution in [2.75, 3.05) is 20.1 Å². The molecule has 2 aromatic rings. The minimum atomic E-state index is 0.405. The average molecular weight is 626 g/mol. The van der Waals surface area contributed by atoms with E-state index >= 15 is 0 Å².